The van der Waals surface area contributed by atoms with Crippen LogP contribution in [0, 0.1) is 11.3 Å². The molecule has 2 heterocycles. The number of nitrogens with zero attached hydrogens (tertiary/aromatic N) is 2. The van der Waals surface area contributed by atoms with Gasteiger partial charge in [-0.25, -0.2) is 0 Å². The monoisotopic (exact) mass is 240 g/mol. The second kappa shape index (κ2) is 4.19. The lowest BCUT2D eigenvalue weighted by atomic mass is 10.1. The molecule has 0 bridgehead atoms. The third-order valence-electron chi connectivity index (χ3n) is 3.37. The van der Waals surface area contributed by atoms with E-state index in [4.69, 9.17) is 9.68 Å². The van der Waals surface area contributed by atoms with Gasteiger partial charge in [0.05, 0.1) is 11.6 Å². The summed E-state index contributed by atoms with van der Waals surface area (Å²) in [5.74, 6) is -0.107. The van der Waals surface area contributed by atoms with Crippen molar-refractivity contribution in [1.82, 2.24) is 4.90 Å². The molecular weight excluding hydrogens is 228 g/mol. The van der Waals surface area contributed by atoms with Crippen molar-refractivity contribution in [1.29, 1.82) is 5.26 Å². The molecule has 2 aromatic rings. The maximum atomic E-state index is 12.4. The molecule has 4 heteroatoms. The molecule has 90 valence electrons. The quantitative estimate of drug-likeness (QED) is 0.769. The van der Waals surface area contributed by atoms with Crippen molar-refractivity contribution in [2.45, 2.75) is 18.9 Å². The molecular formula is C14H12N2O2. The molecule has 3 rings (SSSR count). The fourth-order valence-corrected chi connectivity index (χ4v) is 2.44. The van der Waals surface area contributed by atoms with E-state index >= 15 is 0 Å². The molecule has 0 aliphatic carbocycles. The number of benzene rings is 1. The predicted molar refractivity (Wildman–Crippen MR) is 65.9 cm³/mol. The molecule has 1 fully saturated rings. The van der Waals surface area contributed by atoms with Gasteiger partial charge in [0.2, 0.25) is 0 Å². The van der Waals surface area contributed by atoms with Crippen LogP contribution in [0.5, 0.6) is 0 Å². The minimum absolute atomic E-state index is 0.107. The Balaban J connectivity index is 2.00. The second-order valence-corrected chi connectivity index (χ2v) is 4.43. The molecule has 1 aliphatic heterocycles. The third-order valence-corrected chi connectivity index (χ3v) is 3.37. The molecule has 1 amide bonds. The summed E-state index contributed by atoms with van der Waals surface area (Å²) >= 11 is 0. The summed E-state index contributed by atoms with van der Waals surface area (Å²) < 4.78 is 5.37. The summed E-state index contributed by atoms with van der Waals surface area (Å²) in [6, 6.07) is 9.32. The number of fused-ring (bicyclic) bond motifs is 1. The van der Waals surface area contributed by atoms with Gasteiger partial charge in [-0.15, -0.1) is 0 Å². The molecule has 4 nitrogen and oxygen atoms in total. The number of nitriles is 1. The molecule has 18 heavy (non-hydrogen) atoms. The number of carbonyl (C=O) groups is 1. The summed E-state index contributed by atoms with van der Waals surface area (Å²) in [6.45, 7) is 0.649. The van der Waals surface area contributed by atoms with E-state index in [2.05, 4.69) is 6.07 Å². The van der Waals surface area contributed by atoms with E-state index in [1.54, 1.807) is 4.90 Å². The van der Waals surface area contributed by atoms with Gasteiger partial charge in [-0.05, 0) is 18.9 Å². The van der Waals surface area contributed by atoms with Crippen LogP contribution in [-0.2, 0) is 0 Å². The number of hydrogen-bond donors (Lipinski definition) is 0. The molecule has 0 radical (unpaired) electrons. The highest BCUT2D eigenvalue weighted by Gasteiger charge is 2.30. The number of para-hydroxylation sites is 1. The van der Waals surface area contributed by atoms with E-state index in [0.29, 0.717) is 17.7 Å². The Bertz CT molecular complexity index is 639. The highest BCUT2D eigenvalue weighted by molar-refractivity contribution is 6.06. The van der Waals surface area contributed by atoms with Crippen molar-refractivity contribution in [3.05, 3.63) is 36.1 Å². The molecule has 1 atom stereocenters. The number of rotatable bonds is 1. The Morgan fingerprint density at radius 1 is 1.44 bits per heavy atom. The van der Waals surface area contributed by atoms with Gasteiger partial charge in [-0.3, -0.25) is 4.79 Å². The van der Waals surface area contributed by atoms with E-state index in [0.717, 1.165) is 18.2 Å². The van der Waals surface area contributed by atoms with Crippen LogP contribution in [-0.4, -0.2) is 23.4 Å². The largest absolute Gasteiger partial charge is 0.463 e. The maximum Gasteiger partial charge on any atom is 0.258 e. The van der Waals surface area contributed by atoms with Gasteiger partial charge in [0.25, 0.3) is 5.91 Å². The molecule has 1 aromatic carbocycles. The summed E-state index contributed by atoms with van der Waals surface area (Å²) in [7, 11) is 0. The predicted octanol–water partition coefficient (Wildman–Crippen LogP) is 2.56. The zero-order valence-corrected chi connectivity index (χ0v) is 9.80. The minimum atomic E-state index is -0.300. The standard InChI is InChI=1S/C14H12N2O2/c15-8-10-4-3-7-16(10)14(17)12-9-18-13-6-2-1-5-11(12)13/h1-2,5-6,9-10H,3-4,7H2. The first kappa shape index (κ1) is 10.8. The van der Waals surface area contributed by atoms with Crippen molar-refractivity contribution in [3.63, 3.8) is 0 Å². The molecule has 0 saturated carbocycles. The number of carbonyl (C=O) groups excluding carboxylic acids is 1. The molecule has 1 aliphatic rings. The SMILES string of the molecule is N#CC1CCCN1C(=O)c1coc2ccccc12. The van der Waals surface area contributed by atoms with Crippen molar-refractivity contribution in [3.8, 4) is 6.07 Å². The summed E-state index contributed by atoms with van der Waals surface area (Å²) in [5, 5.41) is 9.84. The smallest absolute Gasteiger partial charge is 0.258 e. The first-order chi connectivity index (χ1) is 8.81. The van der Waals surface area contributed by atoms with Crippen molar-refractivity contribution < 1.29 is 9.21 Å². The van der Waals surface area contributed by atoms with Crippen molar-refractivity contribution in [2.24, 2.45) is 0 Å². The Morgan fingerprint density at radius 3 is 3.11 bits per heavy atom. The Labute approximate surface area is 104 Å². The lowest BCUT2D eigenvalue weighted by Crippen LogP contribution is -2.34. The van der Waals surface area contributed by atoms with Crippen molar-refractivity contribution >= 4 is 16.9 Å². The van der Waals surface area contributed by atoms with Crippen LogP contribution in [0.15, 0.2) is 34.9 Å². The fraction of sp³-hybridized carbons (Fsp3) is 0.286. The first-order valence-corrected chi connectivity index (χ1v) is 5.98. The van der Waals surface area contributed by atoms with Crippen LogP contribution in [0.3, 0.4) is 0 Å². The fourth-order valence-electron chi connectivity index (χ4n) is 2.44. The summed E-state index contributed by atoms with van der Waals surface area (Å²) in [6.07, 6.45) is 3.14. The average molecular weight is 240 g/mol. The second-order valence-electron chi connectivity index (χ2n) is 4.43. The number of likely N-dealkylation sites (tertiary alicyclic amines) is 1. The Kier molecular flexibility index (Phi) is 2.52. The summed E-state index contributed by atoms with van der Waals surface area (Å²) in [5.41, 5.74) is 1.25. The zero-order valence-electron chi connectivity index (χ0n) is 9.80. The number of furan rings is 1. The van der Waals surface area contributed by atoms with Crippen LogP contribution in [0.2, 0.25) is 0 Å². The average Bonchev–Trinajstić information content (AvgIpc) is 3.04. The Hall–Kier alpha value is -2.28. The van der Waals surface area contributed by atoms with E-state index in [1.165, 1.54) is 6.26 Å². The lowest BCUT2D eigenvalue weighted by Gasteiger charge is -2.18. The van der Waals surface area contributed by atoms with Gasteiger partial charge in [-0.2, -0.15) is 5.26 Å². The molecule has 1 unspecified atom stereocenters. The normalized spacial score (nSPS) is 19.1. The van der Waals surface area contributed by atoms with Crippen LogP contribution >= 0.6 is 0 Å². The van der Waals surface area contributed by atoms with Crippen LogP contribution in [0.25, 0.3) is 11.0 Å². The van der Waals surface area contributed by atoms with Crippen molar-refractivity contribution in [2.75, 3.05) is 6.54 Å². The van der Waals surface area contributed by atoms with Gasteiger partial charge in [-0.1, -0.05) is 18.2 Å². The number of amides is 1. The Morgan fingerprint density at radius 2 is 2.28 bits per heavy atom. The molecule has 0 N–H and O–H groups in total. The third kappa shape index (κ3) is 1.56. The molecule has 1 aromatic heterocycles. The molecule has 1 saturated heterocycles. The highest BCUT2D eigenvalue weighted by Crippen LogP contribution is 2.25. The van der Waals surface area contributed by atoms with E-state index in [-0.39, 0.29) is 11.9 Å². The zero-order chi connectivity index (χ0) is 12.5. The van der Waals surface area contributed by atoms with Gasteiger partial charge in [0.1, 0.15) is 17.9 Å². The van der Waals surface area contributed by atoms with Crippen LogP contribution in [0.4, 0.5) is 0 Å². The highest BCUT2D eigenvalue weighted by atomic mass is 16.3. The van der Waals surface area contributed by atoms with Gasteiger partial charge in [0, 0.05) is 11.9 Å². The first-order valence-electron chi connectivity index (χ1n) is 5.98. The minimum Gasteiger partial charge on any atom is -0.463 e. The van der Waals surface area contributed by atoms with E-state index < -0.39 is 0 Å². The molecule has 0 spiro atoms. The van der Waals surface area contributed by atoms with Crippen LogP contribution in [0.1, 0.15) is 23.2 Å². The summed E-state index contributed by atoms with van der Waals surface area (Å²) in [4.78, 5) is 14.0. The number of hydrogen-bond acceptors (Lipinski definition) is 3. The van der Waals surface area contributed by atoms with Gasteiger partial charge in [0.15, 0.2) is 0 Å². The van der Waals surface area contributed by atoms with Gasteiger partial charge >= 0.3 is 0 Å². The van der Waals surface area contributed by atoms with E-state index in [9.17, 15) is 4.79 Å². The lowest BCUT2D eigenvalue weighted by molar-refractivity contribution is 0.0766. The van der Waals surface area contributed by atoms with E-state index in [1.807, 2.05) is 24.3 Å². The van der Waals surface area contributed by atoms with Crippen LogP contribution < -0.4 is 0 Å². The topological polar surface area (TPSA) is 57.2 Å². The van der Waals surface area contributed by atoms with Gasteiger partial charge < -0.3 is 9.32 Å². The maximum absolute atomic E-state index is 12.4.